The second-order valence-electron chi connectivity index (χ2n) is 1.85. The van der Waals surface area contributed by atoms with Crippen molar-refractivity contribution in [3.63, 3.8) is 0 Å². The molecule has 4 heteroatoms. The molecule has 1 heterocycles. The highest BCUT2D eigenvalue weighted by atomic mass is 127. The standard InChI is InChI=1S/C6H4ClFIN/c1-3-2-4(9)5(8)6(7)10-3/h2H,1H3. The summed E-state index contributed by atoms with van der Waals surface area (Å²) in [7, 11) is 0. The molecule has 1 aromatic rings. The predicted molar refractivity (Wildman–Crippen MR) is 46.7 cm³/mol. The first-order chi connectivity index (χ1) is 4.61. The van der Waals surface area contributed by atoms with Crippen molar-refractivity contribution in [2.24, 2.45) is 0 Å². The molecule has 0 aromatic carbocycles. The molecule has 0 spiro atoms. The van der Waals surface area contributed by atoms with Gasteiger partial charge in [0.25, 0.3) is 0 Å². The van der Waals surface area contributed by atoms with Crippen molar-refractivity contribution in [2.75, 3.05) is 0 Å². The minimum absolute atomic E-state index is 0.0515. The molecule has 54 valence electrons. The van der Waals surface area contributed by atoms with E-state index in [0.717, 1.165) is 5.69 Å². The summed E-state index contributed by atoms with van der Waals surface area (Å²) in [6.07, 6.45) is 0. The van der Waals surface area contributed by atoms with Crippen LogP contribution in [-0.2, 0) is 0 Å². The molecule has 0 amide bonds. The summed E-state index contributed by atoms with van der Waals surface area (Å²) in [6, 6.07) is 1.64. The lowest BCUT2D eigenvalue weighted by Gasteiger charge is -1.97. The van der Waals surface area contributed by atoms with Crippen LogP contribution in [-0.4, -0.2) is 4.98 Å². The zero-order chi connectivity index (χ0) is 7.72. The van der Waals surface area contributed by atoms with Gasteiger partial charge in [0.15, 0.2) is 11.0 Å². The van der Waals surface area contributed by atoms with Gasteiger partial charge < -0.3 is 0 Å². The largest absolute Gasteiger partial charge is 0.238 e. The highest BCUT2D eigenvalue weighted by molar-refractivity contribution is 14.1. The van der Waals surface area contributed by atoms with Gasteiger partial charge in [-0.3, -0.25) is 0 Å². The van der Waals surface area contributed by atoms with Gasteiger partial charge in [0, 0.05) is 5.69 Å². The summed E-state index contributed by atoms with van der Waals surface area (Å²) in [6.45, 7) is 1.77. The molecule has 0 N–H and O–H groups in total. The summed E-state index contributed by atoms with van der Waals surface area (Å²) < 4.78 is 13.2. The predicted octanol–water partition coefficient (Wildman–Crippen LogP) is 2.79. The average molecular weight is 271 g/mol. The van der Waals surface area contributed by atoms with Gasteiger partial charge in [-0.05, 0) is 35.6 Å². The van der Waals surface area contributed by atoms with Gasteiger partial charge in [0.2, 0.25) is 0 Å². The number of hydrogen-bond donors (Lipinski definition) is 0. The Morgan fingerprint density at radius 1 is 1.70 bits per heavy atom. The van der Waals surface area contributed by atoms with Gasteiger partial charge in [0.05, 0.1) is 3.57 Å². The fourth-order valence-electron chi connectivity index (χ4n) is 0.581. The SMILES string of the molecule is Cc1cc(I)c(F)c(Cl)n1. The number of hydrogen-bond acceptors (Lipinski definition) is 1. The number of pyridine rings is 1. The van der Waals surface area contributed by atoms with E-state index in [0.29, 0.717) is 3.57 Å². The lowest BCUT2D eigenvalue weighted by molar-refractivity contribution is 0.613. The third-order valence-electron chi connectivity index (χ3n) is 1.00. The molecule has 0 saturated carbocycles. The van der Waals surface area contributed by atoms with Crippen LogP contribution in [0.1, 0.15) is 5.69 Å². The molecule has 1 rings (SSSR count). The van der Waals surface area contributed by atoms with Gasteiger partial charge in [-0.25, -0.2) is 9.37 Å². The minimum Gasteiger partial charge on any atom is -0.238 e. The van der Waals surface area contributed by atoms with Crippen molar-refractivity contribution in [3.05, 3.63) is 26.3 Å². The van der Waals surface area contributed by atoms with E-state index in [2.05, 4.69) is 4.98 Å². The van der Waals surface area contributed by atoms with Gasteiger partial charge in [-0.1, -0.05) is 11.6 Å². The average Bonchev–Trinajstić information content (AvgIpc) is 1.82. The van der Waals surface area contributed by atoms with Crippen molar-refractivity contribution in [2.45, 2.75) is 6.92 Å². The Kier molecular flexibility index (Phi) is 2.46. The summed E-state index contributed by atoms with van der Waals surface area (Å²) in [4.78, 5) is 3.72. The van der Waals surface area contributed by atoms with Crippen LogP contribution in [0.2, 0.25) is 5.15 Å². The molecule has 0 bridgehead atoms. The minimum atomic E-state index is -0.437. The summed E-state index contributed by atoms with van der Waals surface area (Å²) in [5, 5.41) is -0.0515. The van der Waals surface area contributed by atoms with E-state index >= 15 is 0 Å². The Hall–Kier alpha value is 0.1000. The van der Waals surface area contributed by atoms with E-state index in [-0.39, 0.29) is 5.15 Å². The van der Waals surface area contributed by atoms with Crippen LogP contribution in [0.15, 0.2) is 6.07 Å². The molecule has 0 radical (unpaired) electrons. The molecule has 0 fully saturated rings. The fraction of sp³-hybridized carbons (Fsp3) is 0.167. The Bertz CT molecular complexity index is 241. The van der Waals surface area contributed by atoms with Crippen LogP contribution in [0.25, 0.3) is 0 Å². The van der Waals surface area contributed by atoms with E-state index in [1.165, 1.54) is 0 Å². The first kappa shape index (κ1) is 8.20. The van der Waals surface area contributed by atoms with Crippen LogP contribution in [0.4, 0.5) is 4.39 Å². The van der Waals surface area contributed by atoms with Gasteiger partial charge in [-0.2, -0.15) is 0 Å². The van der Waals surface area contributed by atoms with E-state index < -0.39 is 5.82 Å². The van der Waals surface area contributed by atoms with E-state index in [1.807, 2.05) is 22.6 Å². The Morgan fingerprint density at radius 2 is 2.30 bits per heavy atom. The topological polar surface area (TPSA) is 12.9 Å². The third kappa shape index (κ3) is 1.58. The highest BCUT2D eigenvalue weighted by Crippen LogP contribution is 2.18. The zero-order valence-corrected chi connectivity index (χ0v) is 8.07. The van der Waals surface area contributed by atoms with E-state index in [9.17, 15) is 4.39 Å². The van der Waals surface area contributed by atoms with Crippen molar-refractivity contribution >= 4 is 34.2 Å². The molecule has 0 unspecified atom stereocenters. The first-order valence-corrected chi connectivity index (χ1v) is 4.05. The van der Waals surface area contributed by atoms with Gasteiger partial charge in [-0.15, -0.1) is 0 Å². The molecule has 1 aromatic heterocycles. The van der Waals surface area contributed by atoms with Gasteiger partial charge in [0.1, 0.15) is 0 Å². The molecule has 0 aliphatic rings. The van der Waals surface area contributed by atoms with E-state index in [4.69, 9.17) is 11.6 Å². The molecule has 0 saturated heterocycles. The van der Waals surface area contributed by atoms with Crippen LogP contribution >= 0.6 is 34.2 Å². The number of aryl methyl sites for hydroxylation is 1. The van der Waals surface area contributed by atoms with Crippen molar-refractivity contribution in [1.29, 1.82) is 0 Å². The molecule has 0 atom stereocenters. The summed E-state index contributed by atoms with van der Waals surface area (Å²) in [5.41, 5.74) is 0.732. The molecule has 0 aliphatic heterocycles. The van der Waals surface area contributed by atoms with Crippen LogP contribution in [0.5, 0.6) is 0 Å². The summed E-state index contributed by atoms with van der Waals surface area (Å²) >= 11 is 7.30. The number of aromatic nitrogens is 1. The normalized spacial score (nSPS) is 10.0. The Balaban J connectivity index is 3.31. The Labute approximate surface area is 76.7 Å². The van der Waals surface area contributed by atoms with Crippen LogP contribution in [0, 0.1) is 16.3 Å². The smallest absolute Gasteiger partial charge is 0.173 e. The highest BCUT2D eigenvalue weighted by Gasteiger charge is 2.05. The third-order valence-corrected chi connectivity index (χ3v) is 2.04. The first-order valence-electron chi connectivity index (χ1n) is 2.59. The molecule has 10 heavy (non-hydrogen) atoms. The lowest BCUT2D eigenvalue weighted by atomic mass is 10.4. The molecular formula is C6H4ClFIN. The monoisotopic (exact) mass is 271 g/mol. The van der Waals surface area contributed by atoms with Gasteiger partial charge >= 0.3 is 0 Å². The Morgan fingerprint density at radius 3 is 2.80 bits per heavy atom. The second kappa shape index (κ2) is 3.00. The number of nitrogens with zero attached hydrogens (tertiary/aromatic N) is 1. The van der Waals surface area contributed by atoms with Crippen molar-refractivity contribution in [1.82, 2.24) is 4.98 Å². The number of halogens is 3. The maximum atomic E-state index is 12.7. The van der Waals surface area contributed by atoms with Crippen LogP contribution in [0.3, 0.4) is 0 Å². The maximum Gasteiger partial charge on any atom is 0.173 e. The fourth-order valence-corrected chi connectivity index (χ4v) is 1.68. The second-order valence-corrected chi connectivity index (χ2v) is 3.37. The lowest BCUT2D eigenvalue weighted by Crippen LogP contribution is -1.89. The van der Waals surface area contributed by atoms with E-state index in [1.54, 1.807) is 13.0 Å². The quantitative estimate of drug-likeness (QED) is 0.522. The number of rotatable bonds is 0. The van der Waals surface area contributed by atoms with Crippen LogP contribution < -0.4 is 0 Å². The molecular weight excluding hydrogens is 267 g/mol. The molecule has 1 nitrogen and oxygen atoms in total. The van der Waals surface area contributed by atoms with Crippen molar-refractivity contribution < 1.29 is 4.39 Å². The maximum absolute atomic E-state index is 12.7. The summed E-state index contributed by atoms with van der Waals surface area (Å²) in [5.74, 6) is -0.437. The molecule has 0 aliphatic carbocycles. The van der Waals surface area contributed by atoms with Crippen molar-refractivity contribution in [3.8, 4) is 0 Å². The zero-order valence-electron chi connectivity index (χ0n) is 5.16.